The van der Waals surface area contributed by atoms with Crippen LogP contribution in [0.2, 0.25) is 0 Å². The molecular weight excluding hydrogens is 447 g/mol. The number of nitrogens with zero attached hydrogens (tertiary/aromatic N) is 3. The molecule has 2 heterocycles. The number of aryl methyl sites for hydroxylation is 1. The van der Waals surface area contributed by atoms with Gasteiger partial charge in [0.15, 0.2) is 0 Å². The average molecular weight is 481 g/mol. The van der Waals surface area contributed by atoms with E-state index in [1.54, 1.807) is 4.90 Å². The van der Waals surface area contributed by atoms with Crippen molar-refractivity contribution < 1.29 is 18.8 Å². The van der Waals surface area contributed by atoms with Gasteiger partial charge in [0.2, 0.25) is 11.8 Å². The predicted octanol–water partition coefficient (Wildman–Crippen LogP) is 3.08. The summed E-state index contributed by atoms with van der Waals surface area (Å²) in [5.41, 5.74) is 3.47. The highest BCUT2D eigenvalue weighted by molar-refractivity contribution is 5.95. The molecule has 2 aliphatic rings. The smallest absolute Gasteiger partial charge is 0.253 e. The molecule has 4 rings (SSSR count). The van der Waals surface area contributed by atoms with Crippen molar-refractivity contribution in [2.24, 2.45) is 5.92 Å². The molecular formula is C27H33FN4O3. The van der Waals surface area contributed by atoms with Crippen molar-refractivity contribution in [1.82, 2.24) is 14.7 Å². The lowest BCUT2D eigenvalue weighted by Gasteiger charge is -2.38. The zero-order chi connectivity index (χ0) is 24.9. The van der Waals surface area contributed by atoms with Gasteiger partial charge in [-0.3, -0.25) is 19.3 Å². The summed E-state index contributed by atoms with van der Waals surface area (Å²) < 4.78 is 13.2. The average Bonchev–Trinajstić information content (AvgIpc) is 2.87. The largest absolute Gasteiger partial charge is 0.340 e. The quantitative estimate of drug-likeness (QED) is 0.714. The van der Waals surface area contributed by atoms with Crippen molar-refractivity contribution >= 4 is 23.4 Å². The number of likely N-dealkylation sites (tertiary alicyclic amines) is 1. The number of nitrogens with one attached hydrogen (secondary N) is 1. The van der Waals surface area contributed by atoms with Gasteiger partial charge in [-0.2, -0.15) is 0 Å². The monoisotopic (exact) mass is 480 g/mol. The van der Waals surface area contributed by atoms with E-state index in [1.807, 2.05) is 36.9 Å². The Morgan fingerprint density at radius 1 is 0.943 bits per heavy atom. The van der Waals surface area contributed by atoms with Crippen LogP contribution in [0, 0.1) is 25.6 Å². The third-order valence-electron chi connectivity index (χ3n) is 7.08. The minimum absolute atomic E-state index is 0.0549. The fourth-order valence-corrected chi connectivity index (χ4v) is 4.80. The summed E-state index contributed by atoms with van der Waals surface area (Å²) >= 11 is 0. The van der Waals surface area contributed by atoms with Crippen LogP contribution >= 0.6 is 0 Å². The highest BCUT2D eigenvalue weighted by Crippen LogP contribution is 2.22. The third-order valence-corrected chi connectivity index (χ3v) is 7.08. The first-order valence-corrected chi connectivity index (χ1v) is 12.2. The van der Waals surface area contributed by atoms with Crippen LogP contribution in [-0.2, 0) is 9.59 Å². The van der Waals surface area contributed by atoms with E-state index in [2.05, 4.69) is 10.2 Å². The number of hydrogen-bond donors (Lipinski definition) is 1. The molecule has 7 nitrogen and oxygen atoms in total. The molecule has 186 valence electrons. The molecule has 35 heavy (non-hydrogen) atoms. The van der Waals surface area contributed by atoms with Gasteiger partial charge in [0.1, 0.15) is 5.82 Å². The van der Waals surface area contributed by atoms with Crippen LogP contribution in [0.25, 0.3) is 0 Å². The van der Waals surface area contributed by atoms with Crippen molar-refractivity contribution in [3.05, 3.63) is 65.0 Å². The van der Waals surface area contributed by atoms with Crippen molar-refractivity contribution in [2.75, 3.05) is 51.1 Å². The van der Waals surface area contributed by atoms with Crippen LogP contribution in [0.5, 0.6) is 0 Å². The molecule has 2 aromatic rings. The fourth-order valence-electron chi connectivity index (χ4n) is 4.80. The summed E-state index contributed by atoms with van der Waals surface area (Å²) in [5.74, 6) is -0.758. The number of amides is 3. The van der Waals surface area contributed by atoms with E-state index in [0.29, 0.717) is 51.4 Å². The lowest BCUT2D eigenvalue weighted by atomic mass is 9.95. The second kappa shape index (κ2) is 11.0. The minimum atomic E-state index is -0.379. The molecule has 1 N–H and O–H groups in total. The van der Waals surface area contributed by atoms with Crippen LogP contribution in [0.15, 0.2) is 42.5 Å². The van der Waals surface area contributed by atoms with Gasteiger partial charge < -0.3 is 15.1 Å². The summed E-state index contributed by atoms with van der Waals surface area (Å²) in [4.78, 5) is 44.2. The van der Waals surface area contributed by atoms with Crippen LogP contribution in [0.3, 0.4) is 0 Å². The Kier molecular flexibility index (Phi) is 7.80. The summed E-state index contributed by atoms with van der Waals surface area (Å²) in [6, 6.07) is 11.4. The molecule has 0 aliphatic carbocycles. The number of hydrogen-bond acceptors (Lipinski definition) is 4. The number of carbonyl (C=O) groups is 3. The van der Waals surface area contributed by atoms with Crippen LogP contribution in [-0.4, -0.2) is 78.2 Å². The van der Waals surface area contributed by atoms with Gasteiger partial charge in [0.25, 0.3) is 5.91 Å². The molecule has 2 aromatic carbocycles. The second-order valence-corrected chi connectivity index (χ2v) is 9.49. The molecule has 0 radical (unpaired) electrons. The highest BCUT2D eigenvalue weighted by atomic mass is 19.1. The molecule has 1 atom stereocenters. The maximum atomic E-state index is 13.2. The van der Waals surface area contributed by atoms with Gasteiger partial charge >= 0.3 is 0 Å². The molecule has 2 saturated heterocycles. The van der Waals surface area contributed by atoms with Gasteiger partial charge in [0, 0.05) is 50.5 Å². The molecule has 0 aromatic heterocycles. The van der Waals surface area contributed by atoms with Crippen molar-refractivity contribution in [1.29, 1.82) is 0 Å². The van der Waals surface area contributed by atoms with Gasteiger partial charge in [0.05, 0.1) is 12.5 Å². The number of carbonyl (C=O) groups excluding carboxylic acids is 3. The standard InChI is InChI=1S/C27H33FN4O3/c1-19-5-3-7-24(20(19)2)29-25(33)18-30-13-15-31(16-14-30)27(35)22-6-4-12-32(17-22)26(34)21-8-10-23(28)11-9-21/h3,5,7-11,22H,4,6,12-18H2,1-2H3,(H,29,33). The number of anilines is 1. The summed E-state index contributed by atoms with van der Waals surface area (Å²) in [6.45, 7) is 7.69. The molecule has 2 fully saturated rings. The van der Waals surface area contributed by atoms with E-state index in [-0.39, 0.29) is 29.5 Å². The molecule has 0 bridgehead atoms. The van der Waals surface area contributed by atoms with Gasteiger partial charge in [-0.05, 0) is 68.1 Å². The van der Waals surface area contributed by atoms with E-state index < -0.39 is 0 Å². The van der Waals surface area contributed by atoms with Crippen LogP contribution < -0.4 is 5.32 Å². The maximum Gasteiger partial charge on any atom is 0.253 e. The molecule has 2 aliphatic heterocycles. The molecule has 8 heteroatoms. The van der Waals surface area contributed by atoms with E-state index in [1.165, 1.54) is 24.3 Å². The summed E-state index contributed by atoms with van der Waals surface area (Å²) in [5, 5.41) is 3.00. The number of benzene rings is 2. The number of piperidine rings is 1. The molecule has 1 unspecified atom stereocenters. The van der Waals surface area contributed by atoms with Crippen molar-refractivity contribution in [2.45, 2.75) is 26.7 Å². The van der Waals surface area contributed by atoms with E-state index in [0.717, 1.165) is 29.7 Å². The van der Waals surface area contributed by atoms with Gasteiger partial charge in [-0.15, -0.1) is 0 Å². The molecule has 0 spiro atoms. The van der Waals surface area contributed by atoms with E-state index in [9.17, 15) is 18.8 Å². The number of piperazine rings is 1. The number of halogens is 1. The van der Waals surface area contributed by atoms with Crippen LogP contribution in [0.4, 0.5) is 10.1 Å². The first-order chi connectivity index (χ1) is 16.8. The van der Waals surface area contributed by atoms with E-state index >= 15 is 0 Å². The van der Waals surface area contributed by atoms with Crippen molar-refractivity contribution in [3.63, 3.8) is 0 Å². The Morgan fingerprint density at radius 2 is 1.66 bits per heavy atom. The normalized spacial score (nSPS) is 18.9. The third kappa shape index (κ3) is 6.06. The predicted molar refractivity (Wildman–Crippen MR) is 133 cm³/mol. The fraction of sp³-hybridized carbons (Fsp3) is 0.444. The first-order valence-electron chi connectivity index (χ1n) is 12.2. The Morgan fingerprint density at radius 3 is 2.37 bits per heavy atom. The maximum absolute atomic E-state index is 13.2. The Labute approximate surface area is 205 Å². The molecule has 3 amide bonds. The lowest BCUT2D eigenvalue weighted by molar-refractivity contribution is -0.138. The van der Waals surface area contributed by atoms with Crippen molar-refractivity contribution in [3.8, 4) is 0 Å². The lowest BCUT2D eigenvalue weighted by Crippen LogP contribution is -2.54. The van der Waals surface area contributed by atoms with E-state index in [4.69, 9.17) is 0 Å². The highest BCUT2D eigenvalue weighted by Gasteiger charge is 2.33. The zero-order valence-corrected chi connectivity index (χ0v) is 20.4. The first kappa shape index (κ1) is 24.9. The Bertz CT molecular complexity index is 1080. The van der Waals surface area contributed by atoms with Gasteiger partial charge in [-0.25, -0.2) is 4.39 Å². The summed E-state index contributed by atoms with van der Waals surface area (Å²) in [7, 11) is 0. The second-order valence-electron chi connectivity index (χ2n) is 9.49. The SMILES string of the molecule is Cc1cccc(NC(=O)CN2CCN(C(=O)C3CCCN(C(=O)c4ccc(F)cc4)C3)CC2)c1C. The van der Waals surface area contributed by atoms with Gasteiger partial charge in [-0.1, -0.05) is 12.1 Å². The topological polar surface area (TPSA) is 73.0 Å². The molecule has 0 saturated carbocycles. The zero-order valence-electron chi connectivity index (χ0n) is 20.4. The van der Waals surface area contributed by atoms with Crippen LogP contribution in [0.1, 0.15) is 34.3 Å². The Balaban J connectivity index is 1.26. The number of rotatable bonds is 5. The Hall–Kier alpha value is -3.26. The summed E-state index contributed by atoms with van der Waals surface area (Å²) in [6.07, 6.45) is 1.52. The minimum Gasteiger partial charge on any atom is -0.340 e.